The first-order valence-corrected chi connectivity index (χ1v) is 10.1. The highest BCUT2D eigenvalue weighted by molar-refractivity contribution is 5.81. The molecule has 0 fully saturated rings. The number of ether oxygens (including phenoxy) is 2. The zero-order chi connectivity index (χ0) is 20.4. The summed E-state index contributed by atoms with van der Waals surface area (Å²) in [4.78, 5) is 13.4. The van der Waals surface area contributed by atoms with E-state index < -0.39 is 0 Å². The molecule has 3 N–H and O–H groups in total. The smallest absolute Gasteiger partial charge is 0.231 e. The molecule has 2 aromatic heterocycles. The Balaban J connectivity index is 1.68. The molecule has 0 bridgehead atoms. The zero-order valence-electron chi connectivity index (χ0n) is 17.2. The number of anilines is 1. The van der Waals surface area contributed by atoms with E-state index in [2.05, 4.69) is 52.8 Å². The van der Waals surface area contributed by atoms with Gasteiger partial charge in [-0.15, -0.1) is 0 Å². The van der Waals surface area contributed by atoms with E-state index in [1.165, 1.54) is 17.5 Å². The van der Waals surface area contributed by atoms with Crippen molar-refractivity contribution in [2.24, 2.45) is 5.92 Å². The molecular weight excluding hydrogens is 368 g/mol. The van der Waals surface area contributed by atoms with Crippen LogP contribution in [-0.2, 0) is 19.4 Å². The van der Waals surface area contributed by atoms with Gasteiger partial charge in [-0.1, -0.05) is 20.8 Å². The SMILES string of the molecule is CCc1cc2c(cc1Cc1nc3c(N)ncnc3n1CCNCC(C)C)OCO2. The third-order valence-corrected chi connectivity index (χ3v) is 5.13. The highest BCUT2D eigenvalue weighted by Gasteiger charge is 2.20. The van der Waals surface area contributed by atoms with E-state index in [1.807, 2.05) is 0 Å². The third-order valence-electron chi connectivity index (χ3n) is 5.13. The fourth-order valence-electron chi connectivity index (χ4n) is 3.64. The van der Waals surface area contributed by atoms with Gasteiger partial charge in [0.1, 0.15) is 12.2 Å². The van der Waals surface area contributed by atoms with Gasteiger partial charge in [0.15, 0.2) is 28.5 Å². The van der Waals surface area contributed by atoms with Gasteiger partial charge in [0.25, 0.3) is 0 Å². The summed E-state index contributed by atoms with van der Waals surface area (Å²) in [6.07, 6.45) is 3.07. The fourth-order valence-corrected chi connectivity index (χ4v) is 3.64. The molecule has 3 heterocycles. The Hall–Kier alpha value is -2.87. The Morgan fingerprint density at radius 1 is 1.17 bits per heavy atom. The minimum absolute atomic E-state index is 0.272. The number of imidazole rings is 1. The monoisotopic (exact) mass is 396 g/mol. The highest BCUT2D eigenvalue weighted by Crippen LogP contribution is 2.36. The van der Waals surface area contributed by atoms with Crippen molar-refractivity contribution in [2.45, 2.75) is 40.2 Å². The minimum Gasteiger partial charge on any atom is -0.454 e. The average molecular weight is 396 g/mol. The molecular formula is C21H28N6O2. The number of hydrogen-bond acceptors (Lipinski definition) is 7. The van der Waals surface area contributed by atoms with Crippen molar-refractivity contribution in [3.05, 3.63) is 35.4 Å². The van der Waals surface area contributed by atoms with Crippen LogP contribution in [0.2, 0.25) is 0 Å². The second kappa shape index (κ2) is 8.24. The van der Waals surface area contributed by atoms with Crippen molar-refractivity contribution in [1.82, 2.24) is 24.8 Å². The minimum atomic E-state index is 0.272. The van der Waals surface area contributed by atoms with E-state index in [0.717, 1.165) is 49.0 Å². The number of benzene rings is 1. The fraction of sp³-hybridized carbons (Fsp3) is 0.476. The maximum atomic E-state index is 6.08. The molecule has 1 aliphatic heterocycles. The normalized spacial score (nSPS) is 13.0. The number of nitrogens with one attached hydrogen (secondary N) is 1. The van der Waals surface area contributed by atoms with Gasteiger partial charge < -0.3 is 25.1 Å². The van der Waals surface area contributed by atoms with Crippen molar-refractivity contribution in [2.75, 3.05) is 25.6 Å². The van der Waals surface area contributed by atoms with E-state index in [4.69, 9.17) is 20.2 Å². The van der Waals surface area contributed by atoms with Crippen molar-refractivity contribution < 1.29 is 9.47 Å². The predicted octanol–water partition coefficient (Wildman–Crippen LogP) is 2.54. The van der Waals surface area contributed by atoms with Gasteiger partial charge in [0.2, 0.25) is 6.79 Å². The van der Waals surface area contributed by atoms with E-state index in [-0.39, 0.29) is 6.79 Å². The van der Waals surface area contributed by atoms with Crippen LogP contribution in [0.5, 0.6) is 11.5 Å². The molecule has 8 heteroatoms. The summed E-state index contributed by atoms with van der Waals surface area (Å²) < 4.78 is 13.3. The van der Waals surface area contributed by atoms with E-state index in [0.29, 0.717) is 23.7 Å². The van der Waals surface area contributed by atoms with Gasteiger partial charge >= 0.3 is 0 Å². The number of aryl methyl sites for hydroxylation is 1. The van der Waals surface area contributed by atoms with Crippen LogP contribution in [-0.4, -0.2) is 39.4 Å². The van der Waals surface area contributed by atoms with Crippen LogP contribution in [0.3, 0.4) is 0 Å². The number of aromatic nitrogens is 4. The van der Waals surface area contributed by atoms with Gasteiger partial charge in [0, 0.05) is 19.5 Å². The summed E-state index contributed by atoms with van der Waals surface area (Å²) in [7, 11) is 0. The molecule has 0 spiro atoms. The molecule has 0 amide bonds. The lowest BCUT2D eigenvalue weighted by molar-refractivity contribution is 0.174. The zero-order valence-corrected chi connectivity index (χ0v) is 17.2. The third kappa shape index (κ3) is 3.98. The van der Waals surface area contributed by atoms with Crippen LogP contribution in [0.25, 0.3) is 11.2 Å². The van der Waals surface area contributed by atoms with Crippen LogP contribution < -0.4 is 20.5 Å². The van der Waals surface area contributed by atoms with Crippen molar-refractivity contribution in [3.63, 3.8) is 0 Å². The molecule has 0 saturated carbocycles. The molecule has 4 rings (SSSR count). The van der Waals surface area contributed by atoms with Crippen LogP contribution in [0, 0.1) is 5.92 Å². The second-order valence-electron chi connectivity index (χ2n) is 7.71. The summed E-state index contributed by atoms with van der Waals surface area (Å²) in [5.41, 5.74) is 9.91. The first kappa shape index (κ1) is 19.4. The Kier molecular flexibility index (Phi) is 5.53. The first-order chi connectivity index (χ1) is 14.1. The maximum Gasteiger partial charge on any atom is 0.231 e. The summed E-state index contributed by atoms with van der Waals surface area (Å²) in [5, 5.41) is 3.49. The van der Waals surface area contributed by atoms with Gasteiger partial charge in [-0.2, -0.15) is 0 Å². The highest BCUT2D eigenvalue weighted by atomic mass is 16.7. The molecule has 0 radical (unpaired) electrons. The van der Waals surface area contributed by atoms with E-state index in [9.17, 15) is 0 Å². The number of nitrogens with zero attached hydrogens (tertiary/aromatic N) is 4. The number of nitrogens with two attached hydrogens (primary N) is 1. The van der Waals surface area contributed by atoms with Gasteiger partial charge in [-0.05, 0) is 42.1 Å². The Morgan fingerprint density at radius 3 is 2.66 bits per heavy atom. The van der Waals surface area contributed by atoms with Gasteiger partial charge in [-0.25, -0.2) is 15.0 Å². The summed E-state index contributed by atoms with van der Waals surface area (Å²) >= 11 is 0. The number of nitrogen functional groups attached to an aromatic ring is 1. The Bertz CT molecular complexity index is 1010. The molecule has 1 aliphatic rings. The lowest BCUT2D eigenvalue weighted by Gasteiger charge is -2.13. The largest absolute Gasteiger partial charge is 0.454 e. The second-order valence-corrected chi connectivity index (χ2v) is 7.71. The summed E-state index contributed by atoms with van der Waals surface area (Å²) in [5.74, 6) is 3.54. The summed E-state index contributed by atoms with van der Waals surface area (Å²) in [6.45, 7) is 9.39. The van der Waals surface area contributed by atoms with Crippen molar-refractivity contribution in [3.8, 4) is 11.5 Å². The molecule has 0 atom stereocenters. The molecule has 1 aromatic carbocycles. The Labute approximate surface area is 170 Å². The molecule has 0 aliphatic carbocycles. The molecule has 0 saturated heterocycles. The molecule has 8 nitrogen and oxygen atoms in total. The molecule has 154 valence electrons. The van der Waals surface area contributed by atoms with Crippen LogP contribution in [0.1, 0.15) is 37.7 Å². The van der Waals surface area contributed by atoms with Gasteiger partial charge in [0.05, 0.1) is 0 Å². The number of hydrogen-bond donors (Lipinski definition) is 2. The van der Waals surface area contributed by atoms with Crippen LogP contribution in [0.4, 0.5) is 5.82 Å². The molecule has 0 unspecified atom stereocenters. The topological polar surface area (TPSA) is 100 Å². The van der Waals surface area contributed by atoms with Crippen molar-refractivity contribution >= 4 is 17.0 Å². The predicted molar refractivity (Wildman–Crippen MR) is 112 cm³/mol. The average Bonchev–Trinajstić information content (AvgIpc) is 3.29. The van der Waals surface area contributed by atoms with Crippen LogP contribution >= 0.6 is 0 Å². The van der Waals surface area contributed by atoms with Crippen molar-refractivity contribution in [1.29, 1.82) is 0 Å². The molecule has 3 aromatic rings. The van der Waals surface area contributed by atoms with Gasteiger partial charge in [-0.3, -0.25) is 0 Å². The summed E-state index contributed by atoms with van der Waals surface area (Å²) in [6, 6.07) is 4.14. The Morgan fingerprint density at radius 2 is 1.93 bits per heavy atom. The number of fused-ring (bicyclic) bond motifs is 2. The van der Waals surface area contributed by atoms with E-state index >= 15 is 0 Å². The first-order valence-electron chi connectivity index (χ1n) is 10.1. The maximum absolute atomic E-state index is 6.08. The lowest BCUT2D eigenvalue weighted by atomic mass is 10.0. The quantitative estimate of drug-likeness (QED) is 0.564. The van der Waals surface area contributed by atoms with Crippen LogP contribution in [0.15, 0.2) is 18.5 Å². The lowest BCUT2D eigenvalue weighted by Crippen LogP contribution is -2.24. The van der Waals surface area contributed by atoms with E-state index in [1.54, 1.807) is 0 Å². The number of rotatable bonds is 8. The standard InChI is InChI=1S/C21H28N6O2/c1-4-14-7-16-17(29-12-28-16)8-15(14)9-18-26-19-20(22)24-11-25-21(19)27(18)6-5-23-10-13(2)3/h7-8,11,13,23H,4-6,9-10,12H2,1-3H3,(H2,22,24,25). The molecule has 29 heavy (non-hydrogen) atoms.